The second-order valence-electron chi connectivity index (χ2n) is 22.2. The lowest BCUT2D eigenvalue weighted by atomic mass is 9.67. The highest BCUT2D eigenvalue weighted by Gasteiger charge is 2.51. The number of furan rings is 1. The average molecular weight is 1200 g/mol. The Bertz CT molecular complexity index is 4840. The Balaban J connectivity index is 0.982. The summed E-state index contributed by atoms with van der Waals surface area (Å²) in [5.74, 6) is -12.7. The van der Waals surface area contributed by atoms with E-state index in [-0.39, 0.29) is 0 Å². The molecule has 2 unspecified atom stereocenters. The first-order valence-corrected chi connectivity index (χ1v) is 28.7. The number of hydrogen-bond donors (Lipinski definition) is 0. The molecule has 0 bridgehead atoms. The molecule has 0 fully saturated rings. The van der Waals surface area contributed by atoms with Crippen molar-refractivity contribution in [3.05, 3.63) is 352 Å². The third-order valence-corrected chi connectivity index (χ3v) is 17.5. The first-order chi connectivity index (χ1) is 43.8. The van der Waals surface area contributed by atoms with Gasteiger partial charge < -0.3 is 18.8 Å². The molecule has 4 nitrogen and oxygen atoms in total. The van der Waals surface area contributed by atoms with Crippen molar-refractivity contribution in [3.8, 4) is 45.3 Å². The van der Waals surface area contributed by atoms with Crippen LogP contribution in [0, 0.1) is 46.5 Å². The van der Waals surface area contributed by atoms with Gasteiger partial charge in [0, 0.05) is 45.0 Å². The van der Waals surface area contributed by atoms with E-state index in [1.165, 1.54) is 0 Å². The molecule has 0 radical (unpaired) electrons. The Kier molecular flexibility index (Phi) is 13.1. The van der Waals surface area contributed by atoms with Gasteiger partial charge in [0.05, 0.1) is 10.8 Å². The Morgan fingerprint density at radius 3 is 1.16 bits per heavy atom. The summed E-state index contributed by atoms with van der Waals surface area (Å²) in [5.41, 5.74) is 3.74. The first kappa shape index (κ1) is 55.3. The minimum Gasteiger partial charge on any atom is -0.457 e. The van der Waals surface area contributed by atoms with Crippen molar-refractivity contribution in [2.45, 2.75) is 10.8 Å². The van der Waals surface area contributed by atoms with Gasteiger partial charge >= 0.3 is 0 Å². The van der Waals surface area contributed by atoms with Crippen molar-refractivity contribution in [1.82, 2.24) is 0 Å². The number of halogens is 8. The van der Waals surface area contributed by atoms with E-state index in [9.17, 15) is 0 Å². The van der Waals surface area contributed by atoms with Crippen LogP contribution in [0.15, 0.2) is 254 Å². The van der Waals surface area contributed by atoms with Gasteiger partial charge in [0.25, 0.3) is 0 Å². The zero-order chi connectivity index (χ0) is 61.7. The van der Waals surface area contributed by atoms with Crippen molar-refractivity contribution in [2.75, 3.05) is 4.90 Å². The summed E-state index contributed by atoms with van der Waals surface area (Å²) in [6.45, 7) is 7.65. The van der Waals surface area contributed by atoms with Crippen LogP contribution in [-0.4, -0.2) is 0 Å². The Labute approximate surface area is 510 Å². The fourth-order valence-corrected chi connectivity index (χ4v) is 13.5. The molecule has 12 aromatic carbocycles. The normalized spacial score (nSPS) is 15.3. The highest BCUT2D eigenvalue weighted by Crippen LogP contribution is 2.61. The maximum Gasteiger partial charge on any atom is 0.197 e. The van der Waals surface area contributed by atoms with Crippen molar-refractivity contribution in [1.29, 1.82) is 0 Å². The van der Waals surface area contributed by atoms with Crippen LogP contribution in [0.1, 0.15) is 55.6 Å². The lowest BCUT2D eigenvalue weighted by Gasteiger charge is -2.36. The standard InChI is InChI=1S/C78H45F8NO3/c1-3-44-17-28-51(29-18-44)88-53-32-21-46(22-33-53)77(65-42-67(79)73(83)75(85)71(65)81)61-14-8-5-11-55(61)57-36-25-48(39-63(57)77)87(50-27-38-60-59-13-7-10-16-69(59)90-70(60)41-50)49-26-37-58-56-12-6-9-15-62(56)78(64(58)40-49,66-43-68(80)74(84)76(86)72(66)82)47-23-34-54(35-24-47)89-52-30-19-45(4-2)20-31-52/h3-43H,1-2H2. The molecule has 90 heavy (non-hydrogen) atoms. The molecule has 436 valence electrons. The second kappa shape index (κ2) is 21.3. The van der Waals surface area contributed by atoms with Crippen molar-refractivity contribution in [2.24, 2.45) is 0 Å². The van der Waals surface area contributed by atoms with E-state index in [4.69, 9.17) is 13.9 Å². The van der Waals surface area contributed by atoms with Gasteiger partial charge in [-0.15, -0.1) is 0 Å². The summed E-state index contributed by atoms with van der Waals surface area (Å²) < 4.78 is 149. The molecule has 1 aromatic heterocycles. The van der Waals surface area contributed by atoms with Gasteiger partial charge in [0.15, 0.2) is 46.5 Å². The molecule has 0 spiro atoms. The lowest BCUT2D eigenvalue weighted by molar-refractivity contribution is 0.399. The van der Waals surface area contributed by atoms with Crippen LogP contribution in [0.5, 0.6) is 23.0 Å². The van der Waals surface area contributed by atoms with Crippen molar-refractivity contribution >= 4 is 51.2 Å². The fraction of sp³-hybridized carbons (Fsp3) is 0.0256. The van der Waals surface area contributed by atoms with Crippen molar-refractivity contribution < 1.29 is 49.0 Å². The van der Waals surface area contributed by atoms with E-state index < -0.39 is 68.5 Å². The van der Waals surface area contributed by atoms with E-state index in [2.05, 4.69) is 13.2 Å². The molecule has 0 N–H and O–H groups in total. The number of hydrogen-bond acceptors (Lipinski definition) is 4. The third kappa shape index (κ3) is 8.42. The lowest BCUT2D eigenvalue weighted by Crippen LogP contribution is -2.31. The van der Waals surface area contributed by atoms with Crippen molar-refractivity contribution in [3.63, 3.8) is 0 Å². The number of fused-ring (bicyclic) bond motifs is 9. The van der Waals surface area contributed by atoms with E-state index in [1.807, 2.05) is 108 Å². The molecule has 15 rings (SSSR count). The Morgan fingerprint density at radius 2 is 0.700 bits per heavy atom. The largest absolute Gasteiger partial charge is 0.457 e. The highest BCUT2D eigenvalue weighted by molar-refractivity contribution is 6.06. The van der Waals surface area contributed by atoms with Crippen LogP contribution in [0.3, 0.4) is 0 Å². The molecule has 2 atom stereocenters. The predicted octanol–water partition coefficient (Wildman–Crippen LogP) is 21.8. The van der Waals surface area contributed by atoms with E-state index >= 15 is 35.1 Å². The molecule has 0 saturated carbocycles. The molecule has 0 saturated heterocycles. The van der Waals surface area contributed by atoms with Gasteiger partial charge in [-0.3, -0.25) is 0 Å². The monoisotopic (exact) mass is 1200 g/mol. The summed E-state index contributed by atoms with van der Waals surface area (Å²) >= 11 is 0. The summed E-state index contributed by atoms with van der Waals surface area (Å²) in [6, 6.07) is 67.3. The molecule has 2 aliphatic carbocycles. The minimum absolute atomic E-state index is 0.336. The zero-order valence-electron chi connectivity index (χ0n) is 47.3. The molecule has 2 aliphatic rings. The SMILES string of the molecule is C=Cc1ccc(Oc2ccc(C3(c4cc(F)c(F)c(F)c4F)c4ccccc4-c4ccc(N(c5ccc6c(c5)C(c5ccc(Oc7ccc(C=C)cc7)cc5)(c5cc(F)c(F)c(F)c5F)c5ccccc5-6)c5ccc6c(c5)oc5ccccc56)cc43)cc2)cc1. The average Bonchev–Trinajstić information content (AvgIpc) is 1.52. The molecule has 12 heteroatoms. The molecule has 0 amide bonds. The number of benzene rings is 12. The molecule has 1 heterocycles. The van der Waals surface area contributed by atoms with Crippen LogP contribution in [0.4, 0.5) is 52.2 Å². The minimum atomic E-state index is -2.00. The third-order valence-electron chi connectivity index (χ3n) is 17.5. The van der Waals surface area contributed by atoms with Crippen LogP contribution >= 0.6 is 0 Å². The van der Waals surface area contributed by atoms with E-state index in [0.717, 1.165) is 21.9 Å². The second-order valence-corrected chi connectivity index (χ2v) is 22.2. The predicted molar refractivity (Wildman–Crippen MR) is 336 cm³/mol. The molecule has 0 aliphatic heterocycles. The highest BCUT2D eigenvalue weighted by atomic mass is 19.2. The first-order valence-electron chi connectivity index (χ1n) is 28.7. The quantitative estimate of drug-likeness (QED) is 0.0655. The Hall–Kier alpha value is -11.2. The van der Waals surface area contributed by atoms with Crippen LogP contribution in [0.25, 0.3) is 56.3 Å². The van der Waals surface area contributed by atoms with Crippen LogP contribution < -0.4 is 14.4 Å². The number of rotatable bonds is 13. The van der Waals surface area contributed by atoms with Gasteiger partial charge in [0.1, 0.15) is 34.2 Å². The summed E-state index contributed by atoms with van der Waals surface area (Å²) in [7, 11) is 0. The smallest absolute Gasteiger partial charge is 0.197 e. The number of anilines is 3. The van der Waals surface area contributed by atoms with E-state index in [1.54, 1.807) is 133 Å². The molecular formula is C78H45F8NO3. The summed E-state index contributed by atoms with van der Waals surface area (Å²) in [5, 5.41) is 1.63. The van der Waals surface area contributed by atoms with Gasteiger partial charge in [-0.05, 0) is 170 Å². The van der Waals surface area contributed by atoms with Crippen LogP contribution in [-0.2, 0) is 10.8 Å². The zero-order valence-corrected chi connectivity index (χ0v) is 47.3. The molecular weight excluding hydrogens is 1150 g/mol. The fourth-order valence-electron chi connectivity index (χ4n) is 13.5. The number of para-hydroxylation sites is 1. The summed E-state index contributed by atoms with van der Waals surface area (Å²) in [6.07, 6.45) is 3.40. The molecule has 13 aromatic rings. The van der Waals surface area contributed by atoms with Gasteiger partial charge in [0.2, 0.25) is 0 Å². The van der Waals surface area contributed by atoms with Gasteiger partial charge in [-0.25, -0.2) is 35.1 Å². The Morgan fingerprint density at radius 1 is 0.322 bits per heavy atom. The maximum atomic E-state index is 17.4. The maximum absolute atomic E-state index is 17.4. The van der Waals surface area contributed by atoms with Crippen LogP contribution in [0.2, 0.25) is 0 Å². The number of ether oxygens (including phenoxy) is 2. The van der Waals surface area contributed by atoms with Gasteiger partial charge in [-0.1, -0.05) is 153 Å². The number of nitrogens with zero attached hydrogens (tertiary/aromatic N) is 1. The van der Waals surface area contributed by atoms with Gasteiger partial charge in [-0.2, -0.15) is 0 Å². The summed E-state index contributed by atoms with van der Waals surface area (Å²) in [4.78, 5) is 1.86. The topological polar surface area (TPSA) is 34.8 Å². The van der Waals surface area contributed by atoms with E-state index in [0.29, 0.717) is 119 Å².